The van der Waals surface area contributed by atoms with Crippen LogP contribution < -0.4 is 14.4 Å². The van der Waals surface area contributed by atoms with Crippen molar-refractivity contribution in [3.05, 3.63) is 30.5 Å². The lowest BCUT2D eigenvalue weighted by Crippen LogP contribution is -2.38. The fraction of sp³-hybridized carbons (Fsp3) is 0.375. The Hall–Kier alpha value is -2.34. The summed E-state index contributed by atoms with van der Waals surface area (Å²) in [6.07, 6.45) is 3.31. The van der Waals surface area contributed by atoms with Gasteiger partial charge in [0.05, 0.1) is 6.10 Å². The van der Waals surface area contributed by atoms with Gasteiger partial charge in [0.15, 0.2) is 17.3 Å². The zero-order valence-corrected chi connectivity index (χ0v) is 12.1. The maximum Gasteiger partial charge on any atom is 0.231 e. The van der Waals surface area contributed by atoms with Crippen LogP contribution in [-0.4, -0.2) is 41.1 Å². The summed E-state index contributed by atoms with van der Waals surface area (Å²) in [6.45, 7) is 1.79. The Morgan fingerprint density at radius 1 is 1.18 bits per heavy atom. The highest BCUT2D eigenvalue weighted by Crippen LogP contribution is 2.35. The molecular weight excluding hydrogens is 282 g/mol. The lowest BCUT2D eigenvalue weighted by molar-refractivity contribution is 0.154. The molecule has 114 valence electrons. The third-order valence-corrected chi connectivity index (χ3v) is 3.99. The van der Waals surface area contributed by atoms with Gasteiger partial charge in [0, 0.05) is 24.8 Å². The second kappa shape index (κ2) is 5.46. The molecule has 1 atom stereocenters. The van der Waals surface area contributed by atoms with Crippen molar-refractivity contribution in [1.29, 1.82) is 0 Å². The monoisotopic (exact) mass is 299 g/mol. The van der Waals surface area contributed by atoms with Crippen LogP contribution >= 0.6 is 0 Å². The number of hydrogen-bond acceptors (Lipinski definition) is 6. The molecule has 0 bridgehead atoms. The van der Waals surface area contributed by atoms with Crippen LogP contribution in [0, 0.1) is 0 Å². The van der Waals surface area contributed by atoms with Crippen LogP contribution in [-0.2, 0) is 0 Å². The summed E-state index contributed by atoms with van der Waals surface area (Å²) in [4.78, 5) is 11.1. The summed E-state index contributed by atoms with van der Waals surface area (Å²) < 4.78 is 10.7. The second-order valence-corrected chi connectivity index (χ2v) is 5.55. The van der Waals surface area contributed by atoms with Crippen LogP contribution in [0.3, 0.4) is 0 Å². The minimum absolute atomic E-state index is 0.255. The third-order valence-electron chi connectivity index (χ3n) is 3.99. The van der Waals surface area contributed by atoms with Crippen LogP contribution in [0.4, 0.5) is 5.82 Å². The number of β-amino-alcohol motifs (C(OH)–C–C–N with tert-alkyl or cyclic N) is 1. The molecule has 1 N–H and O–H groups in total. The van der Waals surface area contributed by atoms with Crippen LogP contribution in [0.5, 0.6) is 11.5 Å². The smallest absolute Gasteiger partial charge is 0.231 e. The molecule has 0 unspecified atom stereocenters. The van der Waals surface area contributed by atoms with Crippen molar-refractivity contribution in [3.63, 3.8) is 0 Å². The van der Waals surface area contributed by atoms with E-state index >= 15 is 0 Å². The zero-order chi connectivity index (χ0) is 14.9. The Labute approximate surface area is 128 Å². The molecule has 0 spiro atoms. The van der Waals surface area contributed by atoms with E-state index in [0.29, 0.717) is 12.4 Å². The van der Waals surface area contributed by atoms with E-state index in [-0.39, 0.29) is 12.9 Å². The summed E-state index contributed by atoms with van der Waals surface area (Å²) in [5.74, 6) is 2.97. The average molecular weight is 299 g/mol. The fourth-order valence-electron chi connectivity index (χ4n) is 2.86. The zero-order valence-electron chi connectivity index (χ0n) is 12.1. The fourth-order valence-corrected chi connectivity index (χ4v) is 2.86. The molecule has 0 saturated carbocycles. The Balaban J connectivity index is 1.64. The molecule has 1 fully saturated rings. The first kappa shape index (κ1) is 13.3. The van der Waals surface area contributed by atoms with E-state index in [1.165, 1.54) is 0 Å². The molecule has 3 heterocycles. The highest BCUT2D eigenvalue weighted by Gasteiger charge is 2.20. The van der Waals surface area contributed by atoms with Gasteiger partial charge in [-0.3, -0.25) is 0 Å². The van der Waals surface area contributed by atoms with Gasteiger partial charge < -0.3 is 19.5 Å². The largest absolute Gasteiger partial charge is 0.454 e. The van der Waals surface area contributed by atoms with E-state index in [9.17, 15) is 5.11 Å². The topological polar surface area (TPSA) is 67.7 Å². The maximum atomic E-state index is 9.82. The van der Waals surface area contributed by atoms with Gasteiger partial charge in [-0.15, -0.1) is 0 Å². The molecule has 6 heteroatoms. The van der Waals surface area contributed by atoms with Crippen molar-refractivity contribution in [2.75, 3.05) is 24.8 Å². The van der Waals surface area contributed by atoms with Crippen molar-refractivity contribution in [2.45, 2.75) is 18.9 Å². The number of anilines is 1. The van der Waals surface area contributed by atoms with Gasteiger partial charge >= 0.3 is 0 Å². The van der Waals surface area contributed by atoms with Crippen molar-refractivity contribution < 1.29 is 14.6 Å². The normalized spacial score (nSPS) is 20.2. The first-order chi connectivity index (χ1) is 10.8. The summed E-state index contributed by atoms with van der Waals surface area (Å²) in [5, 5.41) is 9.82. The van der Waals surface area contributed by atoms with Crippen molar-refractivity contribution in [3.8, 4) is 22.9 Å². The molecule has 0 amide bonds. The predicted molar refractivity (Wildman–Crippen MR) is 81.0 cm³/mol. The Morgan fingerprint density at radius 2 is 2.09 bits per heavy atom. The molecule has 1 saturated heterocycles. The van der Waals surface area contributed by atoms with Gasteiger partial charge in [0.1, 0.15) is 5.82 Å². The molecule has 4 rings (SSSR count). The van der Waals surface area contributed by atoms with Gasteiger partial charge in [-0.1, -0.05) is 0 Å². The number of piperidine rings is 1. The summed E-state index contributed by atoms with van der Waals surface area (Å²) >= 11 is 0. The van der Waals surface area contributed by atoms with E-state index in [4.69, 9.17) is 9.47 Å². The van der Waals surface area contributed by atoms with E-state index in [1.54, 1.807) is 6.20 Å². The average Bonchev–Trinajstić information content (AvgIpc) is 3.02. The Bertz CT molecular complexity index is 692. The quantitative estimate of drug-likeness (QED) is 0.912. The number of aromatic nitrogens is 2. The molecule has 0 aliphatic carbocycles. The number of hydrogen-bond donors (Lipinski definition) is 1. The summed E-state index contributed by atoms with van der Waals surface area (Å²) in [6, 6.07) is 7.58. The number of nitrogens with zero attached hydrogens (tertiary/aromatic N) is 3. The van der Waals surface area contributed by atoms with Crippen molar-refractivity contribution in [1.82, 2.24) is 9.97 Å². The number of rotatable bonds is 2. The van der Waals surface area contributed by atoms with Crippen LogP contribution in [0.25, 0.3) is 11.4 Å². The Kier molecular flexibility index (Phi) is 3.31. The highest BCUT2D eigenvalue weighted by molar-refractivity contribution is 5.62. The van der Waals surface area contributed by atoms with Crippen molar-refractivity contribution in [2.24, 2.45) is 0 Å². The van der Waals surface area contributed by atoms with Gasteiger partial charge in [-0.25, -0.2) is 9.97 Å². The molecular formula is C16H17N3O3. The minimum atomic E-state index is -0.280. The van der Waals surface area contributed by atoms with Gasteiger partial charge in [0.2, 0.25) is 6.79 Å². The number of benzene rings is 1. The third kappa shape index (κ3) is 2.46. The second-order valence-electron chi connectivity index (χ2n) is 5.55. The minimum Gasteiger partial charge on any atom is -0.454 e. The van der Waals surface area contributed by atoms with Crippen LogP contribution in [0.1, 0.15) is 12.8 Å². The molecule has 0 radical (unpaired) electrons. The first-order valence-corrected chi connectivity index (χ1v) is 7.46. The van der Waals surface area contributed by atoms with E-state index in [1.807, 2.05) is 24.3 Å². The number of fused-ring (bicyclic) bond motifs is 1. The van der Waals surface area contributed by atoms with Gasteiger partial charge in [-0.05, 0) is 37.1 Å². The molecule has 1 aromatic heterocycles. The Morgan fingerprint density at radius 3 is 3.00 bits per heavy atom. The maximum absolute atomic E-state index is 9.82. The van der Waals surface area contributed by atoms with E-state index in [0.717, 1.165) is 42.3 Å². The molecule has 2 aliphatic heterocycles. The SMILES string of the molecule is O[C@H]1CCCN(c2ccnc(-c3ccc4c(c3)OCO4)n2)C1. The van der Waals surface area contributed by atoms with Crippen LogP contribution in [0.2, 0.25) is 0 Å². The summed E-state index contributed by atoms with van der Waals surface area (Å²) in [5.41, 5.74) is 0.892. The lowest BCUT2D eigenvalue weighted by Gasteiger charge is -2.31. The van der Waals surface area contributed by atoms with Crippen molar-refractivity contribution >= 4 is 5.82 Å². The van der Waals surface area contributed by atoms with E-state index in [2.05, 4.69) is 14.9 Å². The van der Waals surface area contributed by atoms with Gasteiger partial charge in [-0.2, -0.15) is 0 Å². The predicted octanol–water partition coefficient (Wildman–Crippen LogP) is 1.83. The highest BCUT2D eigenvalue weighted by atomic mass is 16.7. The standard InChI is InChI=1S/C16H17N3O3/c20-12-2-1-7-19(9-12)15-5-6-17-16(18-15)11-3-4-13-14(8-11)22-10-21-13/h3-6,8,12,20H,1-2,7,9-10H2/t12-/m0/s1. The molecule has 2 aromatic rings. The lowest BCUT2D eigenvalue weighted by atomic mass is 10.1. The number of aliphatic hydroxyl groups excluding tert-OH is 1. The molecule has 22 heavy (non-hydrogen) atoms. The van der Waals surface area contributed by atoms with Gasteiger partial charge in [0.25, 0.3) is 0 Å². The number of aliphatic hydroxyl groups is 1. The molecule has 6 nitrogen and oxygen atoms in total. The van der Waals surface area contributed by atoms with E-state index < -0.39 is 0 Å². The van der Waals surface area contributed by atoms with Crippen LogP contribution in [0.15, 0.2) is 30.5 Å². The molecule has 1 aromatic carbocycles. The molecule has 2 aliphatic rings. The summed E-state index contributed by atoms with van der Waals surface area (Å²) in [7, 11) is 0. The first-order valence-electron chi connectivity index (χ1n) is 7.46. The number of ether oxygens (including phenoxy) is 2.